The average molecular weight is 168 g/mol. The third kappa shape index (κ3) is 9.74. The summed E-state index contributed by atoms with van der Waals surface area (Å²) in [5.41, 5.74) is 0. The molecular weight excluding hydrogens is 144 g/mol. The van der Waals surface area contributed by atoms with E-state index in [1.807, 2.05) is 0 Å². The van der Waals surface area contributed by atoms with Gasteiger partial charge in [-0.05, 0) is 25.2 Å². The van der Waals surface area contributed by atoms with Crippen LogP contribution in [-0.2, 0) is 0 Å². The summed E-state index contributed by atoms with van der Waals surface area (Å²) < 4.78 is 0. The van der Waals surface area contributed by atoms with E-state index >= 15 is 0 Å². The van der Waals surface area contributed by atoms with Crippen molar-refractivity contribution in [2.45, 2.75) is 59.3 Å². The maximum atomic E-state index is 2.35. The van der Waals surface area contributed by atoms with E-state index in [4.69, 9.17) is 0 Å². The Balaban J connectivity index is 3.03. The van der Waals surface area contributed by atoms with Gasteiger partial charge in [0.05, 0.1) is 0 Å². The number of hydrogen-bond acceptors (Lipinski definition) is 0. The summed E-state index contributed by atoms with van der Waals surface area (Å²) in [6.45, 7) is 6.83. The SMILES string of the molecule is CCCC/C=C/CCCC(C)C. The molecule has 0 heterocycles. The van der Waals surface area contributed by atoms with Crippen LogP contribution in [0.1, 0.15) is 59.3 Å². The minimum Gasteiger partial charge on any atom is -0.0885 e. The second-order valence-corrected chi connectivity index (χ2v) is 3.94. The Morgan fingerprint density at radius 2 is 1.58 bits per heavy atom. The zero-order valence-corrected chi connectivity index (χ0v) is 8.97. The first-order valence-corrected chi connectivity index (χ1v) is 5.42. The maximum absolute atomic E-state index is 2.35. The molecule has 0 aromatic heterocycles. The summed E-state index contributed by atoms with van der Waals surface area (Å²) in [5, 5.41) is 0. The van der Waals surface area contributed by atoms with Gasteiger partial charge in [-0.3, -0.25) is 0 Å². The van der Waals surface area contributed by atoms with Crippen molar-refractivity contribution in [2.24, 2.45) is 5.92 Å². The lowest BCUT2D eigenvalue weighted by atomic mass is 10.1. The summed E-state index contributed by atoms with van der Waals surface area (Å²) in [6.07, 6.45) is 12.6. The molecule has 0 amide bonds. The number of rotatable bonds is 7. The van der Waals surface area contributed by atoms with Crippen molar-refractivity contribution < 1.29 is 0 Å². The Hall–Kier alpha value is -0.260. The Labute approximate surface area is 78.1 Å². The minimum atomic E-state index is 0.869. The van der Waals surface area contributed by atoms with E-state index in [1.165, 1.54) is 38.5 Å². The Morgan fingerprint density at radius 3 is 2.08 bits per heavy atom. The highest BCUT2D eigenvalue weighted by Crippen LogP contribution is 2.07. The molecule has 0 saturated heterocycles. The molecule has 0 saturated carbocycles. The van der Waals surface area contributed by atoms with Crippen LogP contribution in [0.2, 0.25) is 0 Å². The lowest BCUT2D eigenvalue weighted by Gasteiger charge is -2.00. The largest absolute Gasteiger partial charge is 0.0885 e. The quantitative estimate of drug-likeness (QED) is 0.386. The van der Waals surface area contributed by atoms with Crippen LogP contribution >= 0.6 is 0 Å². The first kappa shape index (κ1) is 11.7. The van der Waals surface area contributed by atoms with Gasteiger partial charge in [-0.15, -0.1) is 0 Å². The van der Waals surface area contributed by atoms with E-state index in [-0.39, 0.29) is 0 Å². The third-order valence-electron chi connectivity index (χ3n) is 2.04. The molecule has 0 aliphatic carbocycles. The van der Waals surface area contributed by atoms with Gasteiger partial charge in [0, 0.05) is 0 Å². The molecule has 0 bridgehead atoms. The van der Waals surface area contributed by atoms with Crippen molar-refractivity contribution in [3.8, 4) is 0 Å². The molecule has 0 aromatic carbocycles. The third-order valence-corrected chi connectivity index (χ3v) is 2.04. The fourth-order valence-electron chi connectivity index (χ4n) is 1.20. The highest BCUT2D eigenvalue weighted by molar-refractivity contribution is 4.81. The topological polar surface area (TPSA) is 0 Å². The monoisotopic (exact) mass is 168 g/mol. The molecular formula is C12H24. The smallest absolute Gasteiger partial charge is 0.0351 e. The van der Waals surface area contributed by atoms with E-state index in [2.05, 4.69) is 32.9 Å². The summed E-state index contributed by atoms with van der Waals surface area (Å²) in [5.74, 6) is 0.869. The molecule has 0 atom stereocenters. The first-order chi connectivity index (χ1) is 5.77. The summed E-state index contributed by atoms with van der Waals surface area (Å²) in [6, 6.07) is 0. The van der Waals surface area contributed by atoms with Crippen molar-refractivity contribution in [2.75, 3.05) is 0 Å². The molecule has 12 heavy (non-hydrogen) atoms. The predicted molar refractivity (Wildman–Crippen MR) is 57.4 cm³/mol. The lowest BCUT2D eigenvalue weighted by molar-refractivity contribution is 0.559. The minimum absolute atomic E-state index is 0.869. The molecule has 0 N–H and O–H groups in total. The molecule has 0 heteroatoms. The van der Waals surface area contributed by atoms with E-state index in [0.29, 0.717) is 0 Å². The second kappa shape index (κ2) is 8.83. The summed E-state index contributed by atoms with van der Waals surface area (Å²) in [7, 11) is 0. The van der Waals surface area contributed by atoms with Gasteiger partial charge in [0.1, 0.15) is 0 Å². The van der Waals surface area contributed by atoms with E-state index < -0.39 is 0 Å². The average Bonchev–Trinajstić information content (AvgIpc) is 2.02. The van der Waals surface area contributed by atoms with Gasteiger partial charge >= 0.3 is 0 Å². The van der Waals surface area contributed by atoms with Crippen molar-refractivity contribution in [3.05, 3.63) is 12.2 Å². The van der Waals surface area contributed by atoms with Gasteiger partial charge in [-0.25, -0.2) is 0 Å². The molecule has 0 unspecified atom stereocenters. The normalized spacial score (nSPS) is 11.7. The Morgan fingerprint density at radius 1 is 1.00 bits per heavy atom. The Bertz CT molecular complexity index is 101. The Kier molecular flexibility index (Phi) is 8.64. The van der Waals surface area contributed by atoms with Crippen LogP contribution in [0.3, 0.4) is 0 Å². The molecule has 0 rings (SSSR count). The number of unbranched alkanes of at least 4 members (excludes halogenated alkanes) is 3. The van der Waals surface area contributed by atoms with Crippen LogP contribution in [0.25, 0.3) is 0 Å². The van der Waals surface area contributed by atoms with Gasteiger partial charge < -0.3 is 0 Å². The number of hydrogen-bond donors (Lipinski definition) is 0. The van der Waals surface area contributed by atoms with Gasteiger partial charge in [0.25, 0.3) is 0 Å². The molecule has 0 nitrogen and oxygen atoms in total. The zero-order valence-electron chi connectivity index (χ0n) is 8.97. The number of allylic oxidation sites excluding steroid dienone is 2. The van der Waals surface area contributed by atoms with Gasteiger partial charge in [-0.2, -0.15) is 0 Å². The van der Waals surface area contributed by atoms with Crippen LogP contribution in [0.5, 0.6) is 0 Å². The lowest BCUT2D eigenvalue weighted by Crippen LogP contribution is -1.84. The van der Waals surface area contributed by atoms with E-state index in [9.17, 15) is 0 Å². The molecule has 0 spiro atoms. The highest BCUT2D eigenvalue weighted by atomic mass is 14.0. The van der Waals surface area contributed by atoms with Crippen LogP contribution in [-0.4, -0.2) is 0 Å². The predicted octanol–water partition coefficient (Wildman–Crippen LogP) is 4.56. The van der Waals surface area contributed by atoms with E-state index in [0.717, 1.165) is 5.92 Å². The standard InChI is InChI=1S/C12H24/c1-4-5-6-7-8-9-10-11-12(2)3/h7-8,12H,4-6,9-11H2,1-3H3/b8-7+. The van der Waals surface area contributed by atoms with Gasteiger partial charge in [0.2, 0.25) is 0 Å². The fraction of sp³-hybridized carbons (Fsp3) is 0.833. The molecule has 72 valence electrons. The molecule has 0 radical (unpaired) electrons. The van der Waals surface area contributed by atoms with Crippen molar-refractivity contribution in [1.29, 1.82) is 0 Å². The fourth-order valence-corrected chi connectivity index (χ4v) is 1.20. The summed E-state index contributed by atoms with van der Waals surface area (Å²) >= 11 is 0. The maximum Gasteiger partial charge on any atom is -0.0351 e. The first-order valence-electron chi connectivity index (χ1n) is 5.42. The van der Waals surface area contributed by atoms with Crippen molar-refractivity contribution in [1.82, 2.24) is 0 Å². The van der Waals surface area contributed by atoms with E-state index in [1.54, 1.807) is 0 Å². The van der Waals surface area contributed by atoms with Crippen molar-refractivity contribution >= 4 is 0 Å². The van der Waals surface area contributed by atoms with Crippen LogP contribution in [0, 0.1) is 5.92 Å². The zero-order chi connectivity index (χ0) is 9.23. The second-order valence-electron chi connectivity index (χ2n) is 3.94. The van der Waals surface area contributed by atoms with Crippen LogP contribution < -0.4 is 0 Å². The highest BCUT2D eigenvalue weighted by Gasteiger charge is 1.90. The van der Waals surface area contributed by atoms with Crippen molar-refractivity contribution in [3.63, 3.8) is 0 Å². The summed E-state index contributed by atoms with van der Waals surface area (Å²) in [4.78, 5) is 0. The van der Waals surface area contributed by atoms with Gasteiger partial charge in [0.15, 0.2) is 0 Å². The molecule has 0 aliphatic heterocycles. The van der Waals surface area contributed by atoms with Crippen LogP contribution in [0.4, 0.5) is 0 Å². The van der Waals surface area contributed by atoms with Gasteiger partial charge in [-0.1, -0.05) is 52.2 Å². The molecule has 0 aliphatic rings. The molecule has 0 fully saturated rings. The van der Waals surface area contributed by atoms with Crippen LogP contribution in [0.15, 0.2) is 12.2 Å². The molecule has 0 aromatic rings.